The summed E-state index contributed by atoms with van der Waals surface area (Å²) in [4.78, 5) is 0. The third-order valence-electron chi connectivity index (χ3n) is 10.2. The largest absolute Gasteiger partial charge is 0.0776 e. The predicted octanol–water partition coefficient (Wildman–Crippen LogP) is 12.0. The molecule has 0 unspecified atom stereocenters. The molecule has 4 rings (SSSR count). The fourth-order valence-corrected chi connectivity index (χ4v) is 7.95. The average molecular weight is 516 g/mol. The minimum atomic E-state index is 0. The number of rotatable bonds is 6. The van der Waals surface area contributed by atoms with Crippen molar-refractivity contribution in [3.05, 3.63) is 0 Å². The van der Waals surface area contributed by atoms with Gasteiger partial charge in [-0.3, -0.25) is 0 Å². The van der Waals surface area contributed by atoms with Crippen LogP contribution in [0.1, 0.15) is 166 Å². The summed E-state index contributed by atoms with van der Waals surface area (Å²) in [7, 11) is 0. The van der Waals surface area contributed by atoms with Crippen molar-refractivity contribution < 1.29 is 18.6 Å². The molecular formula is C33H68V. The van der Waals surface area contributed by atoms with Crippen molar-refractivity contribution in [2.75, 3.05) is 0 Å². The van der Waals surface area contributed by atoms with Gasteiger partial charge in [0.1, 0.15) is 0 Å². The summed E-state index contributed by atoms with van der Waals surface area (Å²) in [5, 5.41) is 0. The van der Waals surface area contributed by atoms with Crippen LogP contribution in [-0.4, -0.2) is 0 Å². The van der Waals surface area contributed by atoms with Gasteiger partial charge in [-0.2, -0.15) is 0 Å². The maximum Gasteiger partial charge on any atom is 0 e. The third-order valence-corrected chi connectivity index (χ3v) is 10.2. The Balaban J connectivity index is 0. The van der Waals surface area contributed by atoms with Gasteiger partial charge >= 0.3 is 0 Å². The van der Waals surface area contributed by atoms with Gasteiger partial charge in [0.05, 0.1) is 0 Å². The van der Waals surface area contributed by atoms with Crippen molar-refractivity contribution in [1.82, 2.24) is 0 Å². The molecule has 0 aromatic rings. The van der Waals surface area contributed by atoms with Crippen molar-refractivity contribution in [1.29, 1.82) is 0 Å². The van der Waals surface area contributed by atoms with Crippen LogP contribution in [-0.2, 0) is 18.6 Å². The monoisotopic (exact) mass is 515 g/mol. The summed E-state index contributed by atoms with van der Waals surface area (Å²) in [6.45, 7) is 4.93. The Morgan fingerprint density at radius 1 is 0.324 bits per heavy atom. The Bertz CT molecular complexity index is 399. The molecule has 4 aliphatic rings. The molecule has 0 aromatic heterocycles. The van der Waals surface area contributed by atoms with Crippen LogP contribution in [0.3, 0.4) is 0 Å². The first-order chi connectivity index (χ1) is 14.1. The van der Waals surface area contributed by atoms with Crippen LogP contribution >= 0.6 is 0 Å². The Morgan fingerprint density at radius 3 is 0.647 bits per heavy atom. The van der Waals surface area contributed by atoms with Crippen molar-refractivity contribution in [2.45, 2.75) is 166 Å². The van der Waals surface area contributed by atoms with Crippen LogP contribution in [0.4, 0.5) is 0 Å². The number of hydrogen-bond acceptors (Lipinski definition) is 0. The first kappa shape index (κ1) is 36.7. The van der Waals surface area contributed by atoms with Gasteiger partial charge in [0.25, 0.3) is 0 Å². The smallest absolute Gasteiger partial charge is 0 e. The Hall–Kier alpha value is 0.584. The Labute approximate surface area is 230 Å². The van der Waals surface area contributed by atoms with Crippen LogP contribution in [0, 0.1) is 47.3 Å². The van der Waals surface area contributed by atoms with E-state index in [-0.39, 0.29) is 48.3 Å². The molecule has 0 heterocycles. The van der Waals surface area contributed by atoms with Crippen molar-refractivity contribution in [2.24, 2.45) is 47.3 Å². The van der Waals surface area contributed by atoms with Crippen molar-refractivity contribution in [3.63, 3.8) is 0 Å². The zero-order chi connectivity index (χ0) is 20.1. The van der Waals surface area contributed by atoms with Crippen LogP contribution < -0.4 is 0 Å². The molecule has 4 fully saturated rings. The number of hydrogen-bond donors (Lipinski definition) is 0. The zero-order valence-corrected chi connectivity index (χ0v) is 21.9. The summed E-state index contributed by atoms with van der Waals surface area (Å²) < 4.78 is 0. The van der Waals surface area contributed by atoms with Crippen LogP contribution in [0.25, 0.3) is 0 Å². The summed E-state index contributed by atoms with van der Waals surface area (Å²) in [6.07, 6.45) is 29.6. The van der Waals surface area contributed by atoms with E-state index in [1.165, 1.54) is 25.7 Å². The molecule has 0 bridgehead atoms. The average Bonchev–Trinajstić information content (AvgIpc) is 2.74. The molecule has 34 heavy (non-hydrogen) atoms. The van der Waals surface area contributed by atoms with E-state index in [1.807, 2.05) is 0 Å². The van der Waals surface area contributed by atoms with Gasteiger partial charge in [0.2, 0.25) is 0 Å². The summed E-state index contributed by atoms with van der Waals surface area (Å²) in [5.74, 6) is 8.60. The molecule has 0 atom stereocenters. The second-order valence-corrected chi connectivity index (χ2v) is 12.7. The van der Waals surface area contributed by atoms with Crippen LogP contribution in [0.5, 0.6) is 0 Å². The van der Waals surface area contributed by atoms with E-state index in [9.17, 15) is 0 Å². The quantitative estimate of drug-likeness (QED) is 0.330. The molecule has 0 saturated heterocycles. The Morgan fingerprint density at radius 2 is 0.471 bits per heavy atom. The van der Waals surface area contributed by atoms with Gasteiger partial charge in [0.15, 0.2) is 0 Å². The first-order valence-electron chi connectivity index (χ1n) is 14.1. The van der Waals surface area contributed by atoms with E-state index in [2.05, 4.69) is 13.8 Å². The summed E-state index contributed by atoms with van der Waals surface area (Å²) >= 11 is 0. The van der Waals surface area contributed by atoms with E-state index in [4.69, 9.17) is 0 Å². The SMILES string of the molecule is C.C.C.C.CC1CCC(CC2CCC(CC3CCC(CC4CCC(C)CC4)CC3)CC2)CC1.[V]. The molecule has 4 aliphatic carbocycles. The molecule has 205 valence electrons. The predicted molar refractivity (Wildman–Crippen MR) is 154 cm³/mol. The van der Waals surface area contributed by atoms with Crippen molar-refractivity contribution >= 4 is 0 Å². The summed E-state index contributed by atoms with van der Waals surface area (Å²) in [6, 6.07) is 0. The zero-order valence-electron chi connectivity index (χ0n) is 20.5. The van der Waals surface area contributed by atoms with Gasteiger partial charge in [-0.1, -0.05) is 146 Å². The third kappa shape index (κ3) is 11.8. The first-order valence-corrected chi connectivity index (χ1v) is 14.1. The maximum atomic E-state index is 2.46. The van der Waals surface area contributed by atoms with Crippen LogP contribution in [0.15, 0.2) is 0 Å². The van der Waals surface area contributed by atoms with Gasteiger partial charge in [-0.05, 0) is 66.6 Å². The van der Waals surface area contributed by atoms with E-state index in [0.29, 0.717) is 0 Å². The molecule has 0 nitrogen and oxygen atoms in total. The minimum absolute atomic E-state index is 0. The van der Waals surface area contributed by atoms with Gasteiger partial charge in [0, 0.05) is 18.6 Å². The molecule has 0 aliphatic heterocycles. The minimum Gasteiger partial charge on any atom is -0.0776 e. The van der Waals surface area contributed by atoms with Gasteiger partial charge in [-0.15, -0.1) is 0 Å². The van der Waals surface area contributed by atoms with E-state index in [0.717, 1.165) is 47.3 Å². The topological polar surface area (TPSA) is 0 Å². The molecule has 0 spiro atoms. The van der Waals surface area contributed by atoms with Crippen LogP contribution in [0.2, 0.25) is 0 Å². The Kier molecular flexibility index (Phi) is 20.3. The standard InChI is InChI=1S/C29H52.4CH4.V/c1-22-3-7-24(8-4-22)19-26-11-15-28(16-12-26)21-29-17-13-27(14-18-29)20-25-9-5-23(2)6-10-25;;;;;/h22-29H,3-21H2,1-2H3;4*1H4;. The fourth-order valence-electron chi connectivity index (χ4n) is 7.95. The second-order valence-electron chi connectivity index (χ2n) is 12.7. The molecule has 0 N–H and O–H groups in total. The molecular weight excluding hydrogens is 447 g/mol. The fraction of sp³-hybridized carbons (Fsp3) is 1.00. The van der Waals surface area contributed by atoms with Crippen molar-refractivity contribution in [3.8, 4) is 0 Å². The normalized spacial score (nSPS) is 37.9. The maximum absolute atomic E-state index is 2.46. The molecule has 0 amide bonds. The van der Waals surface area contributed by atoms with Gasteiger partial charge < -0.3 is 0 Å². The van der Waals surface area contributed by atoms with E-state index < -0.39 is 0 Å². The second kappa shape index (κ2) is 18.8. The van der Waals surface area contributed by atoms with E-state index in [1.54, 1.807) is 96.3 Å². The molecule has 1 radical (unpaired) electrons. The molecule has 0 aromatic carbocycles. The molecule has 1 heteroatoms. The van der Waals surface area contributed by atoms with Gasteiger partial charge in [-0.25, -0.2) is 0 Å². The summed E-state index contributed by atoms with van der Waals surface area (Å²) in [5.41, 5.74) is 0. The van der Waals surface area contributed by atoms with E-state index >= 15 is 0 Å². The molecule has 4 saturated carbocycles.